The number of nitrogens with one attached hydrogen (secondary N) is 1. The van der Waals surface area contributed by atoms with Gasteiger partial charge in [0, 0.05) is 44.9 Å². The highest BCUT2D eigenvalue weighted by Crippen LogP contribution is 2.35. The van der Waals surface area contributed by atoms with E-state index in [2.05, 4.69) is 10.4 Å². The molecule has 3 amide bonds. The van der Waals surface area contributed by atoms with Gasteiger partial charge in [-0.05, 0) is 26.2 Å². The number of likely N-dealkylation sites (tertiary alicyclic amines) is 2. The summed E-state index contributed by atoms with van der Waals surface area (Å²) in [5, 5.41) is 16.8. The Bertz CT molecular complexity index is 804. The minimum absolute atomic E-state index is 0.0339. The van der Waals surface area contributed by atoms with Crippen LogP contribution in [0.3, 0.4) is 0 Å². The lowest BCUT2D eigenvalue weighted by atomic mass is 9.90. The third kappa shape index (κ3) is 3.57. The van der Waals surface area contributed by atoms with Crippen molar-refractivity contribution < 1.29 is 19.5 Å². The second-order valence-corrected chi connectivity index (χ2v) is 8.20. The molecule has 0 bridgehead atoms. The summed E-state index contributed by atoms with van der Waals surface area (Å²) < 4.78 is 1.78. The summed E-state index contributed by atoms with van der Waals surface area (Å²) in [4.78, 5) is 39.9. The van der Waals surface area contributed by atoms with E-state index in [1.807, 2.05) is 27.8 Å². The number of urea groups is 1. The molecule has 0 aromatic carbocycles. The molecule has 2 aliphatic rings. The SMILES string of the molecule is Cc1nn(C)c(C)c1[C@H]1[C@H](NC(=O)N2CC(C)CC(C(=O)O)C2)CC(=O)N1C. The van der Waals surface area contributed by atoms with Crippen LogP contribution in [0.2, 0.25) is 0 Å². The Morgan fingerprint density at radius 3 is 2.46 bits per heavy atom. The third-order valence-corrected chi connectivity index (χ3v) is 6.05. The van der Waals surface area contributed by atoms with E-state index >= 15 is 0 Å². The van der Waals surface area contributed by atoms with Gasteiger partial charge in [-0.15, -0.1) is 0 Å². The van der Waals surface area contributed by atoms with E-state index in [1.54, 1.807) is 21.5 Å². The van der Waals surface area contributed by atoms with E-state index in [4.69, 9.17) is 0 Å². The van der Waals surface area contributed by atoms with Gasteiger partial charge in [-0.2, -0.15) is 5.10 Å². The van der Waals surface area contributed by atoms with E-state index in [1.165, 1.54) is 0 Å². The second-order valence-electron chi connectivity index (χ2n) is 8.20. The molecule has 0 saturated carbocycles. The van der Waals surface area contributed by atoms with Crippen LogP contribution < -0.4 is 5.32 Å². The molecule has 1 aromatic rings. The van der Waals surface area contributed by atoms with Gasteiger partial charge in [-0.1, -0.05) is 6.92 Å². The molecule has 1 aromatic heterocycles. The number of hydrogen-bond acceptors (Lipinski definition) is 4. The number of hydrogen-bond donors (Lipinski definition) is 2. The van der Waals surface area contributed by atoms with Crippen molar-refractivity contribution in [3.05, 3.63) is 17.0 Å². The molecule has 0 radical (unpaired) electrons. The van der Waals surface area contributed by atoms with Gasteiger partial charge >= 0.3 is 12.0 Å². The van der Waals surface area contributed by atoms with Crippen molar-refractivity contribution in [1.82, 2.24) is 24.9 Å². The van der Waals surface area contributed by atoms with Gasteiger partial charge in [0.15, 0.2) is 0 Å². The van der Waals surface area contributed by atoms with Crippen molar-refractivity contribution in [3.8, 4) is 0 Å². The molecule has 0 spiro atoms. The Morgan fingerprint density at radius 1 is 1.21 bits per heavy atom. The average Bonchev–Trinajstić information content (AvgIpc) is 3.02. The Morgan fingerprint density at radius 2 is 1.89 bits per heavy atom. The zero-order valence-electron chi connectivity index (χ0n) is 17.1. The predicted octanol–water partition coefficient (Wildman–Crippen LogP) is 1.06. The standard InChI is InChI=1S/C19H29N5O4/c1-10-6-13(18(26)27)9-24(8-10)19(28)20-14-7-15(25)22(4)17(14)16-11(2)21-23(5)12(16)3/h10,13-14,17H,6-9H2,1-5H3,(H,20,28)(H,26,27)/t10?,13?,14-,17-/m1/s1. The number of likely N-dealkylation sites (N-methyl/N-ethyl adjacent to an activating group) is 1. The zero-order valence-corrected chi connectivity index (χ0v) is 17.1. The molecule has 2 unspecified atom stereocenters. The van der Waals surface area contributed by atoms with Crippen LogP contribution >= 0.6 is 0 Å². The largest absolute Gasteiger partial charge is 0.481 e. The van der Waals surface area contributed by atoms with Crippen LogP contribution in [-0.2, 0) is 16.6 Å². The molecule has 9 heteroatoms. The van der Waals surface area contributed by atoms with Crippen LogP contribution in [0.15, 0.2) is 0 Å². The molecular formula is C19H29N5O4. The fourth-order valence-electron chi connectivity index (χ4n) is 4.56. The first-order valence-corrected chi connectivity index (χ1v) is 9.64. The predicted molar refractivity (Wildman–Crippen MR) is 102 cm³/mol. The smallest absolute Gasteiger partial charge is 0.317 e. The van der Waals surface area contributed by atoms with Crippen LogP contribution in [0.25, 0.3) is 0 Å². The third-order valence-electron chi connectivity index (χ3n) is 6.05. The van der Waals surface area contributed by atoms with Crippen molar-refractivity contribution in [3.63, 3.8) is 0 Å². The minimum atomic E-state index is -0.875. The molecule has 154 valence electrons. The molecule has 2 aliphatic heterocycles. The molecule has 28 heavy (non-hydrogen) atoms. The van der Waals surface area contributed by atoms with Crippen molar-refractivity contribution >= 4 is 17.9 Å². The molecule has 9 nitrogen and oxygen atoms in total. The molecular weight excluding hydrogens is 362 g/mol. The fraction of sp³-hybridized carbons (Fsp3) is 0.684. The first-order valence-electron chi connectivity index (χ1n) is 9.64. The number of aryl methyl sites for hydroxylation is 2. The summed E-state index contributed by atoms with van der Waals surface area (Å²) in [5.41, 5.74) is 2.75. The number of rotatable bonds is 3. The number of aromatic nitrogens is 2. The lowest BCUT2D eigenvalue weighted by Gasteiger charge is -2.36. The Hall–Kier alpha value is -2.58. The molecule has 0 aliphatic carbocycles. The van der Waals surface area contributed by atoms with Gasteiger partial charge in [0.25, 0.3) is 0 Å². The van der Waals surface area contributed by atoms with E-state index in [0.29, 0.717) is 13.0 Å². The van der Waals surface area contributed by atoms with Crippen LogP contribution in [-0.4, -0.2) is 68.8 Å². The lowest BCUT2D eigenvalue weighted by Crippen LogP contribution is -2.52. The number of piperidine rings is 1. The number of carboxylic acid groups (broad SMARTS) is 1. The highest BCUT2D eigenvalue weighted by molar-refractivity contribution is 5.83. The van der Waals surface area contributed by atoms with Crippen LogP contribution in [0.1, 0.15) is 42.8 Å². The van der Waals surface area contributed by atoms with E-state index < -0.39 is 11.9 Å². The number of nitrogens with zero attached hydrogens (tertiary/aromatic N) is 4. The molecule has 3 heterocycles. The van der Waals surface area contributed by atoms with Crippen molar-refractivity contribution in [2.45, 2.75) is 45.7 Å². The van der Waals surface area contributed by atoms with Gasteiger partial charge < -0.3 is 20.2 Å². The maximum Gasteiger partial charge on any atom is 0.317 e. The van der Waals surface area contributed by atoms with Gasteiger partial charge in [-0.25, -0.2) is 4.79 Å². The highest BCUT2D eigenvalue weighted by Gasteiger charge is 2.43. The van der Waals surface area contributed by atoms with Gasteiger partial charge in [0.05, 0.1) is 23.7 Å². The van der Waals surface area contributed by atoms with Crippen LogP contribution in [0, 0.1) is 25.7 Å². The highest BCUT2D eigenvalue weighted by atomic mass is 16.4. The van der Waals surface area contributed by atoms with Crippen molar-refractivity contribution in [2.75, 3.05) is 20.1 Å². The number of aliphatic carboxylic acids is 1. The lowest BCUT2D eigenvalue weighted by molar-refractivity contribution is -0.143. The minimum Gasteiger partial charge on any atom is -0.481 e. The summed E-state index contributed by atoms with van der Waals surface area (Å²) in [7, 11) is 3.60. The Balaban J connectivity index is 1.80. The quantitative estimate of drug-likeness (QED) is 0.801. The molecule has 4 atom stereocenters. The Kier molecular flexibility index (Phi) is 5.36. The van der Waals surface area contributed by atoms with Gasteiger partial charge in [0.2, 0.25) is 5.91 Å². The number of carbonyl (C=O) groups excluding carboxylic acids is 2. The summed E-state index contributed by atoms with van der Waals surface area (Å²) in [6.07, 6.45) is 0.785. The second kappa shape index (κ2) is 7.44. The van der Waals surface area contributed by atoms with E-state index in [-0.39, 0.29) is 42.9 Å². The number of amides is 3. The van der Waals surface area contributed by atoms with Gasteiger partial charge in [-0.3, -0.25) is 14.3 Å². The fourth-order valence-corrected chi connectivity index (χ4v) is 4.56. The number of carbonyl (C=O) groups is 3. The maximum absolute atomic E-state index is 12.9. The topological polar surface area (TPSA) is 108 Å². The van der Waals surface area contributed by atoms with Crippen LogP contribution in [0.5, 0.6) is 0 Å². The normalized spacial score (nSPS) is 28.0. The molecule has 2 fully saturated rings. The Labute approximate surface area is 164 Å². The zero-order chi connectivity index (χ0) is 20.7. The maximum atomic E-state index is 12.9. The molecule has 2 saturated heterocycles. The summed E-state index contributed by atoms with van der Waals surface area (Å²) >= 11 is 0. The summed E-state index contributed by atoms with van der Waals surface area (Å²) in [6, 6.07) is -0.982. The molecule has 3 rings (SSSR count). The number of carboxylic acids is 1. The van der Waals surface area contributed by atoms with Crippen molar-refractivity contribution in [1.29, 1.82) is 0 Å². The van der Waals surface area contributed by atoms with E-state index in [0.717, 1.165) is 17.0 Å². The first-order chi connectivity index (χ1) is 13.1. The van der Waals surface area contributed by atoms with Crippen LogP contribution in [0.4, 0.5) is 4.79 Å². The van der Waals surface area contributed by atoms with Gasteiger partial charge in [0.1, 0.15) is 0 Å². The van der Waals surface area contributed by atoms with Crippen molar-refractivity contribution in [2.24, 2.45) is 18.9 Å². The average molecular weight is 391 g/mol. The first kappa shape index (κ1) is 20.2. The monoisotopic (exact) mass is 391 g/mol. The summed E-state index contributed by atoms with van der Waals surface area (Å²) in [6.45, 7) is 6.52. The molecule has 2 N–H and O–H groups in total. The summed E-state index contributed by atoms with van der Waals surface area (Å²) in [5.74, 6) is -1.35. The van der Waals surface area contributed by atoms with E-state index in [9.17, 15) is 19.5 Å².